The van der Waals surface area contributed by atoms with E-state index in [0.29, 0.717) is 12.4 Å². The zero-order chi connectivity index (χ0) is 13.4. The van der Waals surface area contributed by atoms with E-state index < -0.39 is 0 Å². The van der Waals surface area contributed by atoms with Gasteiger partial charge >= 0.3 is 5.97 Å². The number of carbonyl (C=O) groups is 1. The van der Waals surface area contributed by atoms with Gasteiger partial charge in [-0.1, -0.05) is 25.5 Å². The molecule has 0 saturated carbocycles. The number of rotatable bonds is 7. The maximum Gasteiger partial charge on any atom is 0.344 e. The molecule has 0 saturated heterocycles. The summed E-state index contributed by atoms with van der Waals surface area (Å²) >= 11 is 0. The van der Waals surface area contributed by atoms with Crippen LogP contribution in [0.2, 0.25) is 0 Å². The van der Waals surface area contributed by atoms with Gasteiger partial charge in [0.1, 0.15) is 5.75 Å². The molecule has 0 aliphatic carbocycles. The highest BCUT2D eigenvalue weighted by atomic mass is 16.6. The highest BCUT2D eigenvalue weighted by Gasteiger charge is 2.05. The Balaban J connectivity index is 2.38. The average molecular weight is 251 g/mol. The van der Waals surface area contributed by atoms with Crippen LogP contribution in [0.4, 0.5) is 0 Å². The van der Waals surface area contributed by atoms with Crippen LogP contribution in [0.25, 0.3) is 0 Å². The van der Waals surface area contributed by atoms with E-state index in [0.717, 1.165) is 18.4 Å². The minimum atomic E-state index is -0.338. The molecule has 18 heavy (non-hydrogen) atoms. The van der Waals surface area contributed by atoms with Gasteiger partial charge in [0.25, 0.3) is 0 Å². The SMILES string of the molecule is CCCCOC(=O)COc1cccc(C(C)N)c1. The van der Waals surface area contributed by atoms with Crippen molar-refractivity contribution in [2.45, 2.75) is 32.7 Å². The van der Waals surface area contributed by atoms with E-state index >= 15 is 0 Å². The van der Waals surface area contributed by atoms with Gasteiger partial charge in [-0.25, -0.2) is 4.79 Å². The second kappa shape index (κ2) is 7.71. The molecule has 0 spiro atoms. The Labute approximate surface area is 108 Å². The Morgan fingerprint density at radius 2 is 2.22 bits per heavy atom. The molecule has 1 atom stereocenters. The second-order valence-corrected chi connectivity index (χ2v) is 4.22. The number of carbonyl (C=O) groups excluding carboxylic acids is 1. The fourth-order valence-corrected chi connectivity index (χ4v) is 1.40. The van der Waals surface area contributed by atoms with Crippen LogP contribution < -0.4 is 10.5 Å². The number of esters is 1. The third kappa shape index (κ3) is 5.19. The Morgan fingerprint density at radius 1 is 1.44 bits per heavy atom. The Hall–Kier alpha value is -1.55. The maximum absolute atomic E-state index is 11.3. The van der Waals surface area contributed by atoms with Crippen LogP contribution in [0.3, 0.4) is 0 Å². The van der Waals surface area contributed by atoms with Crippen LogP contribution in [-0.2, 0) is 9.53 Å². The summed E-state index contributed by atoms with van der Waals surface area (Å²) in [6.45, 7) is 4.34. The van der Waals surface area contributed by atoms with Gasteiger partial charge < -0.3 is 15.2 Å². The largest absolute Gasteiger partial charge is 0.482 e. The van der Waals surface area contributed by atoms with Crippen LogP contribution >= 0.6 is 0 Å². The zero-order valence-electron chi connectivity index (χ0n) is 11.0. The molecule has 4 nitrogen and oxygen atoms in total. The molecule has 1 unspecified atom stereocenters. The summed E-state index contributed by atoms with van der Waals surface area (Å²) in [4.78, 5) is 11.3. The van der Waals surface area contributed by atoms with Crippen molar-refractivity contribution in [3.8, 4) is 5.75 Å². The van der Waals surface area contributed by atoms with Gasteiger partial charge in [-0.3, -0.25) is 0 Å². The molecule has 1 rings (SSSR count). The molecule has 1 aromatic carbocycles. The first-order chi connectivity index (χ1) is 8.63. The van der Waals surface area contributed by atoms with E-state index in [9.17, 15) is 4.79 Å². The number of ether oxygens (including phenoxy) is 2. The average Bonchev–Trinajstić information content (AvgIpc) is 2.37. The van der Waals surface area contributed by atoms with Gasteiger partial charge in [0.05, 0.1) is 6.61 Å². The predicted octanol–water partition coefficient (Wildman–Crippen LogP) is 2.43. The third-order valence-corrected chi connectivity index (χ3v) is 2.50. The van der Waals surface area contributed by atoms with Crippen LogP contribution in [0.15, 0.2) is 24.3 Å². The Bertz CT molecular complexity index is 377. The van der Waals surface area contributed by atoms with E-state index in [1.54, 1.807) is 6.07 Å². The van der Waals surface area contributed by atoms with E-state index in [2.05, 4.69) is 0 Å². The molecule has 0 aliphatic rings. The molecular weight excluding hydrogens is 230 g/mol. The summed E-state index contributed by atoms with van der Waals surface area (Å²) in [5, 5.41) is 0. The lowest BCUT2D eigenvalue weighted by Gasteiger charge is -2.09. The van der Waals surface area contributed by atoms with Crippen molar-refractivity contribution in [1.29, 1.82) is 0 Å². The number of hydrogen-bond donors (Lipinski definition) is 1. The van der Waals surface area contributed by atoms with Crippen molar-refractivity contribution in [1.82, 2.24) is 0 Å². The molecular formula is C14H21NO3. The van der Waals surface area contributed by atoms with Gasteiger partial charge in [0.2, 0.25) is 0 Å². The monoisotopic (exact) mass is 251 g/mol. The third-order valence-electron chi connectivity index (χ3n) is 2.50. The fourth-order valence-electron chi connectivity index (χ4n) is 1.40. The lowest BCUT2D eigenvalue weighted by Crippen LogP contribution is -2.15. The van der Waals surface area contributed by atoms with E-state index in [4.69, 9.17) is 15.2 Å². The van der Waals surface area contributed by atoms with Crippen molar-refractivity contribution >= 4 is 5.97 Å². The Morgan fingerprint density at radius 3 is 2.89 bits per heavy atom. The van der Waals surface area contributed by atoms with Gasteiger partial charge in [-0.05, 0) is 31.0 Å². The zero-order valence-corrected chi connectivity index (χ0v) is 11.0. The second-order valence-electron chi connectivity index (χ2n) is 4.22. The summed E-state index contributed by atoms with van der Waals surface area (Å²) in [6, 6.07) is 7.37. The van der Waals surface area contributed by atoms with Gasteiger partial charge in [0.15, 0.2) is 6.61 Å². The summed E-state index contributed by atoms with van der Waals surface area (Å²) in [6.07, 6.45) is 1.89. The topological polar surface area (TPSA) is 61.5 Å². The predicted molar refractivity (Wildman–Crippen MR) is 70.4 cm³/mol. The number of unbranched alkanes of at least 4 members (excludes halogenated alkanes) is 1. The highest BCUT2D eigenvalue weighted by Crippen LogP contribution is 2.17. The summed E-state index contributed by atoms with van der Waals surface area (Å²) in [5.41, 5.74) is 6.75. The Kier molecular flexibility index (Phi) is 6.22. The van der Waals surface area contributed by atoms with Crippen LogP contribution in [0, 0.1) is 0 Å². The van der Waals surface area contributed by atoms with Gasteiger partial charge in [0, 0.05) is 6.04 Å². The molecule has 0 fully saturated rings. The number of benzene rings is 1. The van der Waals surface area contributed by atoms with E-state index in [-0.39, 0.29) is 18.6 Å². The van der Waals surface area contributed by atoms with Crippen molar-refractivity contribution in [3.05, 3.63) is 29.8 Å². The fraction of sp³-hybridized carbons (Fsp3) is 0.500. The molecule has 0 amide bonds. The van der Waals surface area contributed by atoms with Crippen molar-refractivity contribution < 1.29 is 14.3 Å². The van der Waals surface area contributed by atoms with Crippen molar-refractivity contribution in [3.63, 3.8) is 0 Å². The van der Waals surface area contributed by atoms with Crippen LogP contribution in [-0.4, -0.2) is 19.2 Å². The highest BCUT2D eigenvalue weighted by molar-refractivity contribution is 5.71. The molecule has 2 N–H and O–H groups in total. The van der Waals surface area contributed by atoms with E-state index in [1.165, 1.54) is 0 Å². The summed E-state index contributed by atoms with van der Waals surface area (Å²) in [7, 11) is 0. The normalized spacial score (nSPS) is 11.9. The number of hydrogen-bond acceptors (Lipinski definition) is 4. The standard InChI is InChI=1S/C14H21NO3/c1-3-4-8-17-14(16)10-18-13-7-5-6-12(9-13)11(2)15/h5-7,9,11H,3-4,8,10,15H2,1-2H3. The molecule has 0 radical (unpaired) electrons. The van der Waals surface area contributed by atoms with E-state index in [1.807, 2.05) is 32.0 Å². The molecule has 0 heterocycles. The van der Waals surface area contributed by atoms with Gasteiger partial charge in [-0.2, -0.15) is 0 Å². The lowest BCUT2D eigenvalue weighted by molar-refractivity contribution is -0.146. The molecule has 0 aliphatic heterocycles. The van der Waals surface area contributed by atoms with Crippen molar-refractivity contribution in [2.75, 3.05) is 13.2 Å². The lowest BCUT2D eigenvalue weighted by atomic mass is 10.1. The van der Waals surface area contributed by atoms with Crippen molar-refractivity contribution in [2.24, 2.45) is 5.73 Å². The molecule has 100 valence electrons. The first-order valence-corrected chi connectivity index (χ1v) is 6.27. The first kappa shape index (κ1) is 14.5. The van der Waals surface area contributed by atoms with Gasteiger partial charge in [-0.15, -0.1) is 0 Å². The van der Waals surface area contributed by atoms with Crippen LogP contribution in [0.5, 0.6) is 5.75 Å². The quantitative estimate of drug-likeness (QED) is 0.597. The smallest absolute Gasteiger partial charge is 0.344 e. The molecule has 1 aromatic rings. The summed E-state index contributed by atoms with van der Waals surface area (Å²) < 4.78 is 10.4. The molecule has 4 heteroatoms. The summed E-state index contributed by atoms with van der Waals surface area (Å²) in [5.74, 6) is 0.298. The maximum atomic E-state index is 11.3. The van der Waals surface area contributed by atoms with Crippen LogP contribution in [0.1, 0.15) is 38.3 Å². The molecule has 0 bridgehead atoms. The number of nitrogens with two attached hydrogens (primary N) is 1. The minimum Gasteiger partial charge on any atom is -0.482 e. The minimum absolute atomic E-state index is 0.0509. The molecule has 0 aromatic heterocycles. The first-order valence-electron chi connectivity index (χ1n) is 6.27.